The van der Waals surface area contributed by atoms with Crippen molar-refractivity contribution in [1.82, 2.24) is 0 Å². The first-order valence-electron chi connectivity index (χ1n) is 9.88. The number of methoxy groups -OCH3 is 1. The number of esters is 2. The van der Waals surface area contributed by atoms with Crippen molar-refractivity contribution in [3.05, 3.63) is 102 Å². The monoisotopic (exact) mass is 604 g/mol. The minimum Gasteiger partial charge on any atom is -0.493 e. The van der Waals surface area contributed by atoms with Crippen LogP contribution in [0.3, 0.4) is 0 Å². The lowest BCUT2D eigenvalue weighted by Gasteiger charge is -2.12. The molecule has 35 heavy (non-hydrogen) atoms. The zero-order valence-corrected chi connectivity index (χ0v) is 20.8. The highest BCUT2D eigenvalue weighted by Gasteiger charge is 2.27. The van der Waals surface area contributed by atoms with Gasteiger partial charge in [0.2, 0.25) is 5.90 Å². The molecule has 1 aliphatic rings. The molecule has 11 heteroatoms. The van der Waals surface area contributed by atoms with Crippen molar-refractivity contribution >= 4 is 63.8 Å². The quantitative estimate of drug-likeness (QED) is 0.0920. The molecule has 3 aromatic rings. The third-order valence-corrected chi connectivity index (χ3v) is 5.89. The molecule has 0 fully saturated rings. The van der Waals surface area contributed by atoms with Gasteiger partial charge in [-0.25, -0.2) is 14.6 Å². The Kier molecular flexibility index (Phi) is 7.12. The number of non-ortho nitro benzene ring substituents is 1. The van der Waals surface area contributed by atoms with Crippen molar-refractivity contribution in [3.63, 3.8) is 0 Å². The number of nitro groups is 1. The summed E-state index contributed by atoms with van der Waals surface area (Å²) in [5, 5.41) is 10.9. The number of benzene rings is 3. The van der Waals surface area contributed by atoms with Crippen LogP contribution in [-0.4, -0.2) is 29.9 Å². The number of nitro benzene ring substituents is 1. The van der Waals surface area contributed by atoms with Crippen molar-refractivity contribution in [2.75, 3.05) is 7.11 Å². The average Bonchev–Trinajstić information content (AvgIpc) is 3.20. The molecule has 0 aliphatic carbocycles. The fraction of sp³-hybridized carbons (Fsp3) is 0.0417. The van der Waals surface area contributed by atoms with E-state index >= 15 is 0 Å². The maximum atomic E-state index is 12.5. The van der Waals surface area contributed by atoms with Gasteiger partial charge in [0.1, 0.15) is 0 Å². The number of hydrogen-bond acceptors (Lipinski definition) is 8. The molecular weight excluding hydrogens is 591 g/mol. The maximum absolute atomic E-state index is 12.5. The van der Waals surface area contributed by atoms with Crippen LogP contribution in [0.4, 0.5) is 5.69 Å². The van der Waals surface area contributed by atoms with Gasteiger partial charge in [0.25, 0.3) is 5.69 Å². The smallest absolute Gasteiger partial charge is 0.363 e. The Morgan fingerprint density at radius 3 is 2.57 bits per heavy atom. The topological polar surface area (TPSA) is 117 Å². The van der Waals surface area contributed by atoms with E-state index in [1.54, 1.807) is 42.5 Å². The standard InChI is InChI=1S/C24H14ClIN2O7/c1-33-20-11-13(9-18(26)21(20)34-23(29)14-5-3-2-4-6-14)10-19-24(30)35-22(27-19)16-8-7-15(28(31)32)12-17(16)25/h2-12H,1H3/b19-10-. The molecule has 1 heterocycles. The predicted molar refractivity (Wildman–Crippen MR) is 136 cm³/mol. The van der Waals surface area contributed by atoms with Crippen molar-refractivity contribution in [3.8, 4) is 11.5 Å². The Morgan fingerprint density at radius 1 is 1.17 bits per heavy atom. The number of halogens is 2. The second-order valence-electron chi connectivity index (χ2n) is 7.05. The molecule has 0 N–H and O–H groups in total. The van der Waals surface area contributed by atoms with Crippen LogP contribution in [0.15, 0.2) is 71.4 Å². The molecule has 0 saturated heterocycles. The van der Waals surface area contributed by atoms with Gasteiger partial charge in [0, 0.05) is 12.1 Å². The van der Waals surface area contributed by atoms with Crippen molar-refractivity contribution < 1.29 is 28.7 Å². The second kappa shape index (κ2) is 10.2. The molecule has 4 rings (SSSR count). The van der Waals surface area contributed by atoms with Crippen LogP contribution in [0.2, 0.25) is 5.02 Å². The minimum absolute atomic E-state index is 0.0127. The first kappa shape index (κ1) is 24.4. The predicted octanol–water partition coefficient (Wildman–Crippen LogP) is 5.43. The lowest BCUT2D eigenvalue weighted by atomic mass is 10.1. The van der Waals surface area contributed by atoms with E-state index in [-0.39, 0.29) is 39.4 Å². The molecule has 9 nitrogen and oxygen atoms in total. The Labute approximate surface area is 217 Å². The molecule has 0 spiro atoms. The Balaban J connectivity index is 1.63. The summed E-state index contributed by atoms with van der Waals surface area (Å²) in [5.74, 6) is -0.817. The largest absolute Gasteiger partial charge is 0.493 e. The van der Waals surface area contributed by atoms with Gasteiger partial charge in [-0.15, -0.1) is 0 Å². The number of carbonyl (C=O) groups excluding carboxylic acids is 2. The van der Waals surface area contributed by atoms with Gasteiger partial charge >= 0.3 is 11.9 Å². The molecule has 1 aliphatic heterocycles. The van der Waals surface area contributed by atoms with Crippen LogP contribution in [0.25, 0.3) is 6.08 Å². The highest BCUT2D eigenvalue weighted by Crippen LogP contribution is 2.36. The Hall–Kier alpha value is -3.77. The Bertz CT molecular complexity index is 1420. The molecule has 0 unspecified atom stereocenters. The molecule has 0 radical (unpaired) electrons. The highest BCUT2D eigenvalue weighted by atomic mass is 127. The van der Waals surface area contributed by atoms with Crippen molar-refractivity contribution in [2.24, 2.45) is 4.99 Å². The summed E-state index contributed by atoms with van der Waals surface area (Å²) in [6.45, 7) is 0. The zero-order valence-electron chi connectivity index (χ0n) is 17.9. The number of hydrogen-bond donors (Lipinski definition) is 0. The van der Waals surface area contributed by atoms with Crippen LogP contribution in [0.5, 0.6) is 11.5 Å². The van der Waals surface area contributed by atoms with E-state index in [0.29, 0.717) is 14.7 Å². The molecule has 0 atom stereocenters. The summed E-state index contributed by atoms with van der Waals surface area (Å²) in [6.07, 6.45) is 1.47. The summed E-state index contributed by atoms with van der Waals surface area (Å²) in [4.78, 5) is 39.4. The summed E-state index contributed by atoms with van der Waals surface area (Å²) >= 11 is 8.11. The first-order chi connectivity index (χ1) is 16.8. The van der Waals surface area contributed by atoms with E-state index in [1.165, 1.54) is 25.3 Å². The molecule has 0 bridgehead atoms. The average molecular weight is 605 g/mol. The third-order valence-electron chi connectivity index (χ3n) is 4.77. The molecule has 3 aromatic carbocycles. The van der Waals surface area contributed by atoms with E-state index < -0.39 is 16.9 Å². The van der Waals surface area contributed by atoms with E-state index in [0.717, 1.165) is 6.07 Å². The lowest BCUT2D eigenvalue weighted by Crippen LogP contribution is -2.10. The van der Waals surface area contributed by atoms with Crippen molar-refractivity contribution in [2.45, 2.75) is 0 Å². The van der Waals surface area contributed by atoms with Crippen LogP contribution in [0.1, 0.15) is 21.5 Å². The maximum Gasteiger partial charge on any atom is 0.363 e. The highest BCUT2D eigenvalue weighted by molar-refractivity contribution is 14.1. The van der Waals surface area contributed by atoms with Crippen LogP contribution in [0, 0.1) is 13.7 Å². The number of rotatable bonds is 6. The summed E-state index contributed by atoms with van der Waals surface area (Å²) in [5.41, 5.74) is 0.953. The first-order valence-corrected chi connectivity index (χ1v) is 11.3. The van der Waals surface area contributed by atoms with Crippen molar-refractivity contribution in [1.29, 1.82) is 0 Å². The number of nitrogens with zero attached hydrogens (tertiary/aromatic N) is 2. The van der Waals surface area contributed by atoms with Gasteiger partial charge in [-0.05, 0) is 64.6 Å². The van der Waals surface area contributed by atoms with Crippen LogP contribution in [-0.2, 0) is 9.53 Å². The van der Waals surface area contributed by atoms with E-state index in [1.807, 2.05) is 22.6 Å². The molecule has 0 amide bonds. The summed E-state index contributed by atoms with van der Waals surface area (Å²) in [6, 6.07) is 15.5. The van der Waals surface area contributed by atoms with Gasteiger partial charge in [0.15, 0.2) is 17.2 Å². The SMILES string of the molecule is COc1cc(/C=C2\N=C(c3ccc([N+](=O)[O-])cc3Cl)OC2=O)cc(I)c1OC(=O)c1ccccc1. The third kappa shape index (κ3) is 5.33. The van der Waals surface area contributed by atoms with Gasteiger partial charge in [-0.2, -0.15) is 0 Å². The molecular formula is C24H14ClIN2O7. The van der Waals surface area contributed by atoms with E-state index in [4.69, 9.17) is 25.8 Å². The molecule has 0 aromatic heterocycles. The van der Waals surface area contributed by atoms with Gasteiger partial charge in [-0.1, -0.05) is 29.8 Å². The molecule has 0 saturated carbocycles. The normalized spacial score (nSPS) is 13.9. The fourth-order valence-corrected chi connectivity index (χ4v) is 4.11. The lowest BCUT2D eigenvalue weighted by molar-refractivity contribution is -0.384. The second-order valence-corrected chi connectivity index (χ2v) is 8.62. The van der Waals surface area contributed by atoms with E-state index in [9.17, 15) is 19.7 Å². The summed E-state index contributed by atoms with van der Waals surface area (Å²) < 4.78 is 16.7. The Morgan fingerprint density at radius 2 is 1.91 bits per heavy atom. The molecule has 176 valence electrons. The number of aliphatic imine (C=N–C) groups is 1. The summed E-state index contributed by atoms with van der Waals surface area (Å²) in [7, 11) is 1.43. The van der Waals surface area contributed by atoms with Crippen LogP contribution < -0.4 is 9.47 Å². The fourth-order valence-electron chi connectivity index (χ4n) is 3.12. The zero-order chi connectivity index (χ0) is 25.1. The minimum atomic E-state index is -0.719. The number of ether oxygens (including phenoxy) is 3. The van der Waals surface area contributed by atoms with E-state index in [2.05, 4.69) is 4.99 Å². The van der Waals surface area contributed by atoms with Gasteiger partial charge in [-0.3, -0.25) is 10.1 Å². The van der Waals surface area contributed by atoms with Gasteiger partial charge < -0.3 is 14.2 Å². The van der Waals surface area contributed by atoms with Crippen LogP contribution >= 0.6 is 34.2 Å². The number of carbonyl (C=O) groups is 2. The van der Waals surface area contributed by atoms with Gasteiger partial charge in [0.05, 0.1) is 31.8 Å². The number of cyclic esters (lactones) is 1.